The van der Waals surface area contributed by atoms with Crippen LogP contribution in [-0.2, 0) is 6.42 Å². The van der Waals surface area contributed by atoms with Crippen molar-refractivity contribution in [2.45, 2.75) is 52.1 Å². The molecule has 0 bridgehead atoms. The van der Waals surface area contributed by atoms with Gasteiger partial charge in [-0.25, -0.2) is 4.98 Å². The Labute approximate surface area is 113 Å². The Kier molecular flexibility index (Phi) is 3.00. The van der Waals surface area contributed by atoms with Gasteiger partial charge >= 0.3 is 0 Å². The highest BCUT2D eigenvalue weighted by Gasteiger charge is 2.47. The van der Waals surface area contributed by atoms with Crippen LogP contribution in [0.2, 0.25) is 0 Å². The Morgan fingerprint density at radius 3 is 2.61 bits per heavy atom. The van der Waals surface area contributed by atoms with Gasteiger partial charge in [0.05, 0.1) is 16.7 Å². The highest BCUT2D eigenvalue weighted by Crippen LogP contribution is 2.51. The van der Waals surface area contributed by atoms with Crippen LogP contribution in [0, 0.1) is 12.3 Å². The highest BCUT2D eigenvalue weighted by molar-refractivity contribution is 7.11. The molecule has 0 radical (unpaired) electrons. The standard InChI is InChI=1S/C14H23N3S/c1-9(2)17-6-4-14(5-7-17)8-11-12(13(14)15)16-10(3)18-11/h9,13H,4-8,15H2,1-3H3/t13-/m1/s1. The molecule has 1 aromatic rings. The van der Waals surface area contributed by atoms with E-state index in [4.69, 9.17) is 5.73 Å². The van der Waals surface area contributed by atoms with E-state index in [1.165, 1.54) is 47.9 Å². The summed E-state index contributed by atoms with van der Waals surface area (Å²) in [4.78, 5) is 8.68. The topological polar surface area (TPSA) is 42.2 Å². The lowest BCUT2D eigenvalue weighted by Crippen LogP contribution is -2.46. The first-order valence-corrected chi connectivity index (χ1v) is 7.79. The van der Waals surface area contributed by atoms with Crippen LogP contribution < -0.4 is 5.73 Å². The SMILES string of the molecule is Cc1nc2c(s1)CC1(CCN(C(C)C)CC1)[C@@H]2N. The molecular weight excluding hydrogens is 242 g/mol. The Bertz CT molecular complexity index is 444. The number of rotatable bonds is 1. The minimum absolute atomic E-state index is 0.173. The summed E-state index contributed by atoms with van der Waals surface area (Å²) in [5.41, 5.74) is 8.03. The molecule has 4 heteroatoms. The number of aromatic nitrogens is 1. The number of piperidine rings is 1. The summed E-state index contributed by atoms with van der Waals surface area (Å²) in [6.07, 6.45) is 3.63. The summed E-state index contributed by atoms with van der Waals surface area (Å²) in [5.74, 6) is 0. The lowest BCUT2D eigenvalue weighted by Gasteiger charge is -2.43. The molecule has 0 aromatic carbocycles. The van der Waals surface area contributed by atoms with Gasteiger partial charge in [0.15, 0.2) is 0 Å². The smallest absolute Gasteiger partial charge is 0.0900 e. The predicted molar refractivity (Wildman–Crippen MR) is 75.9 cm³/mol. The Morgan fingerprint density at radius 2 is 2.06 bits per heavy atom. The van der Waals surface area contributed by atoms with Gasteiger partial charge in [0, 0.05) is 10.9 Å². The lowest BCUT2D eigenvalue weighted by molar-refractivity contribution is 0.0706. The fraction of sp³-hybridized carbons (Fsp3) is 0.786. The van der Waals surface area contributed by atoms with Crippen LogP contribution in [0.3, 0.4) is 0 Å². The molecule has 1 atom stereocenters. The maximum atomic E-state index is 6.52. The fourth-order valence-corrected chi connectivity index (χ4v) is 4.69. The van der Waals surface area contributed by atoms with Gasteiger partial charge in [0.2, 0.25) is 0 Å². The fourth-order valence-electron chi connectivity index (χ4n) is 3.55. The second-order valence-electron chi connectivity index (χ2n) is 6.19. The second-order valence-corrected chi connectivity index (χ2v) is 7.48. The van der Waals surface area contributed by atoms with Gasteiger partial charge < -0.3 is 10.6 Å². The summed E-state index contributed by atoms with van der Waals surface area (Å²) in [6.45, 7) is 9.05. The van der Waals surface area contributed by atoms with Gasteiger partial charge in [-0.3, -0.25) is 0 Å². The van der Waals surface area contributed by atoms with Crippen molar-refractivity contribution in [3.05, 3.63) is 15.6 Å². The zero-order chi connectivity index (χ0) is 12.9. The van der Waals surface area contributed by atoms with E-state index < -0.39 is 0 Å². The van der Waals surface area contributed by atoms with Crippen molar-refractivity contribution in [1.82, 2.24) is 9.88 Å². The molecule has 0 amide bonds. The van der Waals surface area contributed by atoms with Crippen LogP contribution in [0.25, 0.3) is 0 Å². The third kappa shape index (κ3) is 1.82. The first-order valence-electron chi connectivity index (χ1n) is 6.98. The molecule has 1 aliphatic heterocycles. The number of hydrogen-bond donors (Lipinski definition) is 1. The average Bonchev–Trinajstić information content (AvgIpc) is 2.78. The van der Waals surface area contributed by atoms with Crippen molar-refractivity contribution in [2.75, 3.05) is 13.1 Å². The summed E-state index contributed by atoms with van der Waals surface area (Å²) in [6, 6.07) is 0.834. The largest absolute Gasteiger partial charge is 0.322 e. The molecule has 3 rings (SSSR count). The van der Waals surface area contributed by atoms with Crippen LogP contribution >= 0.6 is 11.3 Å². The number of thiazole rings is 1. The zero-order valence-corrected chi connectivity index (χ0v) is 12.4. The Morgan fingerprint density at radius 1 is 1.39 bits per heavy atom. The van der Waals surface area contributed by atoms with E-state index >= 15 is 0 Å². The molecular formula is C14H23N3S. The van der Waals surface area contributed by atoms with Gasteiger partial charge in [0.25, 0.3) is 0 Å². The molecule has 1 fully saturated rings. The number of fused-ring (bicyclic) bond motifs is 1. The average molecular weight is 265 g/mol. The van der Waals surface area contributed by atoms with Gasteiger partial charge in [-0.1, -0.05) is 0 Å². The van der Waals surface area contributed by atoms with Crippen LogP contribution in [0.5, 0.6) is 0 Å². The quantitative estimate of drug-likeness (QED) is 0.848. The molecule has 18 heavy (non-hydrogen) atoms. The van der Waals surface area contributed by atoms with Crippen molar-refractivity contribution < 1.29 is 0 Å². The number of aryl methyl sites for hydroxylation is 1. The minimum atomic E-state index is 0.173. The maximum Gasteiger partial charge on any atom is 0.0900 e. The first-order chi connectivity index (χ1) is 8.52. The second kappa shape index (κ2) is 4.29. The van der Waals surface area contributed by atoms with Crippen molar-refractivity contribution in [3.8, 4) is 0 Å². The molecule has 1 spiro atoms. The lowest BCUT2D eigenvalue weighted by atomic mass is 9.73. The summed E-state index contributed by atoms with van der Waals surface area (Å²) in [5, 5.41) is 1.17. The van der Waals surface area contributed by atoms with Crippen LogP contribution in [-0.4, -0.2) is 29.0 Å². The Balaban J connectivity index is 1.78. The van der Waals surface area contributed by atoms with Gasteiger partial charge in [-0.2, -0.15) is 0 Å². The molecule has 0 unspecified atom stereocenters. The number of likely N-dealkylation sites (tertiary alicyclic amines) is 1. The first kappa shape index (κ1) is 12.6. The molecule has 3 nitrogen and oxygen atoms in total. The van der Waals surface area contributed by atoms with E-state index in [9.17, 15) is 0 Å². The van der Waals surface area contributed by atoms with Gasteiger partial charge in [-0.05, 0) is 58.5 Å². The van der Waals surface area contributed by atoms with E-state index in [2.05, 4.69) is 30.7 Å². The van der Waals surface area contributed by atoms with Crippen LogP contribution in [0.1, 0.15) is 48.3 Å². The highest BCUT2D eigenvalue weighted by atomic mass is 32.1. The summed E-state index contributed by atoms with van der Waals surface area (Å²) < 4.78 is 0. The van der Waals surface area contributed by atoms with E-state index in [1.54, 1.807) is 0 Å². The molecule has 2 N–H and O–H groups in total. The maximum absolute atomic E-state index is 6.52. The number of nitrogens with two attached hydrogens (primary N) is 1. The molecule has 1 saturated heterocycles. The van der Waals surface area contributed by atoms with E-state index in [-0.39, 0.29) is 6.04 Å². The molecule has 2 heterocycles. The molecule has 100 valence electrons. The number of hydrogen-bond acceptors (Lipinski definition) is 4. The third-order valence-electron chi connectivity index (χ3n) is 4.83. The van der Waals surface area contributed by atoms with E-state index in [0.29, 0.717) is 11.5 Å². The normalized spacial score (nSPS) is 27.1. The summed E-state index contributed by atoms with van der Waals surface area (Å²) in [7, 11) is 0. The molecule has 1 aromatic heterocycles. The van der Waals surface area contributed by atoms with Crippen molar-refractivity contribution in [1.29, 1.82) is 0 Å². The molecule has 1 aliphatic carbocycles. The van der Waals surface area contributed by atoms with Crippen molar-refractivity contribution >= 4 is 11.3 Å². The van der Waals surface area contributed by atoms with Crippen LogP contribution in [0.4, 0.5) is 0 Å². The number of nitrogens with zero attached hydrogens (tertiary/aromatic N) is 2. The predicted octanol–water partition coefficient (Wildman–Crippen LogP) is 2.50. The Hall–Kier alpha value is -0.450. The molecule has 0 saturated carbocycles. The van der Waals surface area contributed by atoms with Gasteiger partial charge in [-0.15, -0.1) is 11.3 Å². The van der Waals surface area contributed by atoms with Crippen LogP contribution in [0.15, 0.2) is 0 Å². The summed E-state index contributed by atoms with van der Waals surface area (Å²) >= 11 is 1.85. The molecule has 2 aliphatic rings. The van der Waals surface area contributed by atoms with Crippen molar-refractivity contribution in [3.63, 3.8) is 0 Å². The zero-order valence-electron chi connectivity index (χ0n) is 11.6. The van der Waals surface area contributed by atoms with Gasteiger partial charge in [0.1, 0.15) is 0 Å². The van der Waals surface area contributed by atoms with Crippen molar-refractivity contribution in [2.24, 2.45) is 11.1 Å². The minimum Gasteiger partial charge on any atom is -0.322 e. The van der Waals surface area contributed by atoms with E-state index in [1.807, 2.05) is 11.3 Å². The van der Waals surface area contributed by atoms with E-state index in [0.717, 1.165) is 0 Å². The third-order valence-corrected chi connectivity index (χ3v) is 5.81. The monoisotopic (exact) mass is 265 g/mol.